The summed E-state index contributed by atoms with van der Waals surface area (Å²) in [5.74, 6) is -0.714. The normalized spacial score (nSPS) is 10.3. The van der Waals surface area contributed by atoms with Crippen LogP contribution in [0.5, 0.6) is 0 Å². The van der Waals surface area contributed by atoms with Crippen molar-refractivity contribution in [3.63, 3.8) is 0 Å². The Kier molecular flexibility index (Phi) is 5.31. The zero-order valence-corrected chi connectivity index (χ0v) is 13.1. The molecule has 20 heavy (non-hydrogen) atoms. The number of esters is 1. The number of amides is 1. The molecule has 0 saturated carbocycles. The Bertz CT molecular complexity index is 518. The van der Waals surface area contributed by atoms with Gasteiger partial charge in [0.05, 0.1) is 5.56 Å². The van der Waals surface area contributed by atoms with Crippen LogP contribution in [0.4, 0.5) is 0 Å². The lowest BCUT2D eigenvalue weighted by Gasteiger charge is -2.17. The molecule has 0 heterocycles. The summed E-state index contributed by atoms with van der Waals surface area (Å²) in [4.78, 5) is 23.6. The van der Waals surface area contributed by atoms with Gasteiger partial charge in [0.1, 0.15) is 0 Å². The number of nitrogens with one attached hydrogen (secondary N) is 1. The van der Waals surface area contributed by atoms with Gasteiger partial charge < -0.3 is 10.1 Å². The molecular formula is C16H23NO3. The Hall–Kier alpha value is -1.84. The zero-order chi connectivity index (χ0) is 15.4. The van der Waals surface area contributed by atoms with Crippen molar-refractivity contribution in [1.82, 2.24) is 5.32 Å². The summed E-state index contributed by atoms with van der Waals surface area (Å²) < 4.78 is 5.10. The van der Waals surface area contributed by atoms with Crippen LogP contribution in [-0.4, -0.2) is 25.0 Å². The van der Waals surface area contributed by atoms with E-state index in [4.69, 9.17) is 4.74 Å². The fourth-order valence-electron chi connectivity index (χ4n) is 2.26. The van der Waals surface area contributed by atoms with Gasteiger partial charge in [-0.1, -0.05) is 0 Å². The molecule has 110 valence electrons. The summed E-state index contributed by atoms with van der Waals surface area (Å²) in [5, 5.41) is 2.60. The van der Waals surface area contributed by atoms with Crippen LogP contribution in [0.15, 0.2) is 0 Å². The van der Waals surface area contributed by atoms with Crippen molar-refractivity contribution in [2.45, 2.75) is 41.5 Å². The lowest BCUT2D eigenvalue weighted by Crippen LogP contribution is -2.28. The third-order valence-corrected chi connectivity index (χ3v) is 3.91. The van der Waals surface area contributed by atoms with Crippen molar-refractivity contribution in [2.24, 2.45) is 0 Å². The largest absolute Gasteiger partial charge is 0.452 e. The minimum Gasteiger partial charge on any atom is -0.452 e. The van der Waals surface area contributed by atoms with Gasteiger partial charge in [0.25, 0.3) is 5.91 Å². The molecule has 0 unspecified atom stereocenters. The molecule has 0 aliphatic rings. The number of likely N-dealkylation sites (N-methyl/N-ethyl adjacent to an activating group) is 1. The maximum absolute atomic E-state index is 12.2. The van der Waals surface area contributed by atoms with Crippen LogP contribution in [0.2, 0.25) is 0 Å². The number of carbonyl (C=O) groups is 2. The highest BCUT2D eigenvalue weighted by atomic mass is 16.5. The van der Waals surface area contributed by atoms with E-state index >= 15 is 0 Å². The smallest absolute Gasteiger partial charge is 0.339 e. The van der Waals surface area contributed by atoms with E-state index in [2.05, 4.69) is 12.2 Å². The van der Waals surface area contributed by atoms with Gasteiger partial charge in [0.15, 0.2) is 6.61 Å². The molecule has 0 atom stereocenters. The molecule has 4 heteroatoms. The minimum atomic E-state index is -0.433. The number of hydrogen-bond donors (Lipinski definition) is 1. The van der Waals surface area contributed by atoms with Gasteiger partial charge in [-0.15, -0.1) is 0 Å². The number of rotatable bonds is 4. The first kappa shape index (κ1) is 16.2. The Labute approximate surface area is 120 Å². The Balaban J connectivity index is 3.02. The zero-order valence-electron chi connectivity index (χ0n) is 13.1. The minimum absolute atomic E-state index is 0.239. The summed E-state index contributed by atoms with van der Waals surface area (Å²) in [7, 11) is 0. The molecular weight excluding hydrogens is 254 g/mol. The maximum Gasteiger partial charge on any atom is 0.339 e. The van der Waals surface area contributed by atoms with Crippen molar-refractivity contribution in [3.05, 3.63) is 33.4 Å². The number of benzene rings is 1. The molecule has 1 aromatic rings. The van der Waals surface area contributed by atoms with E-state index in [9.17, 15) is 9.59 Å². The second kappa shape index (κ2) is 6.55. The highest BCUT2D eigenvalue weighted by Gasteiger charge is 2.19. The first-order valence-electron chi connectivity index (χ1n) is 6.82. The average molecular weight is 277 g/mol. The third-order valence-electron chi connectivity index (χ3n) is 3.91. The predicted molar refractivity (Wildman–Crippen MR) is 79.1 cm³/mol. The molecule has 0 spiro atoms. The Morgan fingerprint density at radius 1 is 0.900 bits per heavy atom. The van der Waals surface area contributed by atoms with E-state index in [0.29, 0.717) is 12.1 Å². The van der Waals surface area contributed by atoms with Crippen molar-refractivity contribution in [1.29, 1.82) is 0 Å². The Morgan fingerprint density at radius 2 is 1.35 bits per heavy atom. The van der Waals surface area contributed by atoms with Crippen LogP contribution in [0, 0.1) is 34.6 Å². The van der Waals surface area contributed by atoms with Crippen LogP contribution in [0.25, 0.3) is 0 Å². The van der Waals surface area contributed by atoms with Gasteiger partial charge in [-0.3, -0.25) is 4.79 Å². The van der Waals surface area contributed by atoms with Crippen LogP contribution in [0.3, 0.4) is 0 Å². The topological polar surface area (TPSA) is 55.4 Å². The summed E-state index contributed by atoms with van der Waals surface area (Å²) in [6.07, 6.45) is 0. The molecule has 0 saturated heterocycles. The molecule has 4 nitrogen and oxygen atoms in total. The summed E-state index contributed by atoms with van der Waals surface area (Å²) >= 11 is 0. The average Bonchev–Trinajstić information content (AvgIpc) is 2.41. The van der Waals surface area contributed by atoms with Crippen molar-refractivity contribution < 1.29 is 14.3 Å². The van der Waals surface area contributed by atoms with Crippen LogP contribution in [-0.2, 0) is 9.53 Å². The molecule has 0 fully saturated rings. The van der Waals surface area contributed by atoms with Crippen molar-refractivity contribution in [2.75, 3.05) is 13.2 Å². The van der Waals surface area contributed by atoms with E-state index in [0.717, 1.165) is 22.3 Å². The van der Waals surface area contributed by atoms with Gasteiger partial charge in [-0.05, 0) is 69.4 Å². The molecule has 1 amide bonds. The van der Waals surface area contributed by atoms with Gasteiger partial charge >= 0.3 is 5.97 Å². The molecule has 1 N–H and O–H groups in total. The summed E-state index contributed by atoms with van der Waals surface area (Å²) in [6, 6.07) is 0. The third kappa shape index (κ3) is 3.18. The van der Waals surface area contributed by atoms with Gasteiger partial charge in [0.2, 0.25) is 0 Å². The van der Waals surface area contributed by atoms with Gasteiger partial charge in [0, 0.05) is 6.54 Å². The number of hydrogen-bond acceptors (Lipinski definition) is 3. The van der Waals surface area contributed by atoms with E-state index in [1.54, 1.807) is 0 Å². The van der Waals surface area contributed by atoms with E-state index < -0.39 is 5.97 Å². The number of ether oxygens (including phenoxy) is 1. The fraction of sp³-hybridized carbons (Fsp3) is 0.500. The molecule has 0 radical (unpaired) electrons. The second-order valence-corrected chi connectivity index (χ2v) is 5.03. The van der Waals surface area contributed by atoms with E-state index in [1.165, 1.54) is 5.56 Å². The first-order chi connectivity index (χ1) is 9.31. The first-order valence-corrected chi connectivity index (χ1v) is 6.82. The molecule has 0 bridgehead atoms. The molecule has 0 aromatic heterocycles. The van der Waals surface area contributed by atoms with Gasteiger partial charge in [-0.25, -0.2) is 4.79 Å². The monoisotopic (exact) mass is 277 g/mol. The highest BCUT2D eigenvalue weighted by Crippen LogP contribution is 2.26. The van der Waals surface area contributed by atoms with Crippen LogP contribution >= 0.6 is 0 Å². The molecule has 1 rings (SSSR count). The van der Waals surface area contributed by atoms with E-state index in [1.807, 2.05) is 34.6 Å². The SMILES string of the molecule is CCNC(=O)COC(=O)c1c(C)c(C)c(C)c(C)c1C. The Morgan fingerprint density at radius 3 is 1.80 bits per heavy atom. The molecule has 0 aliphatic heterocycles. The second-order valence-electron chi connectivity index (χ2n) is 5.03. The maximum atomic E-state index is 12.2. The predicted octanol–water partition coefficient (Wildman–Crippen LogP) is 2.52. The van der Waals surface area contributed by atoms with E-state index in [-0.39, 0.29) is 12.5 Å². The molecule has 0 aliphatic carbocycles. The summed E-state index contributed by atoms with van der Waals surface area (Å²) in [6.45, 7) is 12.0. The lowest BCUT2D eigenvalue weighted by atomic mass is 9.90. The standard InChI is InChI=1S/C16H23NO3/c1-7-17-14(18)8-20-16(19)15-12(5)10(3)9(2)11(4)13(15)6/h7-8H2,1-6H3,(H,17,18). The number of carbonyl (C=O) groups excluding carboxylic acids is 2. The van der Waals surface area contributed by atoms with Gasteiger partial charge in [-0.2, -0.15) is 0 Å². The fourth-order valence-corrected chi connectivity index (χ4v) is 2.26. The van der Waals surface area contributed by atoms with Crippen LogP contribution < -0.4 is 5.32 Å². The highest BCUT2D eigenvalue weighted by molar-refractivity contribution is 5.95. The van der Waals surface area contributed by atoms with Crippen molar-refractivity contribution >= 4 is 11.9 Å². The summed E-state index contributed by atoms with van der Waals surface area (Å²) in [5.41, 5.74) is 5.81. The van der Waals surface area contributed by atoms with Crippen molar-refractivity contribution in [3.8, 4) is 0 Å². The quantitative estimate of drug-likeness (QED) is 0.860. The molecule has 1 aromatic carbocycles. The van der Waals surface area contributed by atoms with Crippen LogP contribution in [0.1, 0.15) is 45.1 Å². The lowest BCUT2D eigenvalue weighted by molar-refractivity contribution is -0.124.